The Morgan fingerprint density at radius 3 is 2.60 bits per heavy atom. The van der Waals surface area contributed by atoms with Crippen molar-refractivity contribution in [3.63, 3.8) is 0 Å². The van der Waals surface area contributed by atoms with Gasteiger partial charge in [-0.2, -0.15) is 0 Å². The fraction of sp³-hybridized carbons (Fsp3) is 0.500. The lowest BCUT2D eigenvalue weighted by molar-refractivity contribution is 0.411. The van der Waals surface area contributed by atoms with E-state index >= 15 is 0 Å². The Bertz CT molecular complexity index is 319. The third kappa shape index (κ3) is 2.93. The minimum atomic E-state index is -0.187. The lowest BCUT2D eigenvalue weighted by Crippen LogP contribution is -2.32. The van der Waals surface area contributed by atoms with E-state index in [4.69, 9.17) is 5.73 Å². The molecule has 1 aromatic carbocycles. The average molecular weight is 208 g/mol. The van der Waals surface area contributed by atoms with Gasteiger partial charge in [-0.05, 0) is 43.9 Å². The molecule has 1 aliphatic carbocycles. The highest BCUT2D eigenvalue weighted by Gasteiger charge is 2.17. The van der Waals surface area contributed by atoms with Crippen LogP contribution in [0.3, 0.4) is 0 Å². The SMILES string of the molecule is NC1CCC(Nc2cccc(F)c2)CC1. The Labute approximate surface area is 89.7 Å². The number of benzene rings is 1. The summed E-state index contributed by atoms with van der Waals surface area (Å²) in [6.45, 7) is 0. The van der Waals surface area contributed by atoms with Gasteiger partial charge in [-0.25, -0.2) is 4.39 Å². The van der Waals surface area contributed by atoms with Gasteiger partial charge in [0.1, 0.15) is 5.82 Å². The van der Waals surface area contributed by atoms with Crippen LogP contribution in [0.1, 0.15) is 25.7 Å². The van der Waals surface area contributed by atoms with Crippen molar-refractivity contribution in [2.45, 2.75) is 37.8 Å². The average Bonchev–Trinajstić information content (AvgIpc) is 2.22. The second-order valence-corrected chi connectivity index (χ2v) is 4.27. The predicted molar refractivity (Wildman–Crippen MR) is 60.3 cm³/mol. The van der Waals surface area contributed by atoms with Crippen LogP contribution in [0.25, 0.3) is 0 Å². The van der Waals surface area contributed by atoms with Crippen LogP contribution in [-0.2, 0) is 0 Å². The minimum Gasteiger partial charge on any atom is -0.382 e. The number of rotatable bonds is 2. The zero-order valence-corrected chi connectivity index (χ0v) is 8.75. The van der Waals surface area contributed by atoms with E-state index in [0.717, 1.165) is 31.4 Å². The summed E-state index contributed by atoms with van der Waals surface area (Å²) in [4.78, 5) is 0. The number of halogens is 1. The first-order valence-electron chi connectivity index (χ1n) is 5.52. The Kier molecular flexibility index (Phi) is 3.21. The normalized spacial score (nSPS) is 26.3. The third-order valence-electron chi connectivity index (χ3n) is 2.97. The standard InChI is InChI=1S/C12H17FN2/c13-9-2-1-3-12(8-9)15-11-6-4-10(14)5-7-11/h1-3,8,10-11,15H,4-7,14H2. The number of hydrogen-bond donors (Lipinski definition) is 2. The molecule has 2 rings (SSSR count). The largest absolute Gasteiger partial charge is 0.382 e. The molecule has 0 bridgehead atoms. The molecule has 1 saturated carbocycles. The molecule has 1 aromatic rings. The molecule has 0 unspecified atom stereocenters. The molecule has 0 saturated heterocycles. The molecule has 1 fully saturated rings. The maximum Gasteiger partial charge on any atom is 0.125 e. The van der Waals surface area contributed by atoms with Crippen molar-refractivity contribution in [1.29, 1.82) is 0 Å². The van der Waals surface area contributed by atoms with Gasteiger partial charge in [0.05, 0.1) is 0 Å². The van der Waals surface area contributed by atoms with Gasteiger partial charge in [0.25, 0.3) is 0 Å². The van der Waals surface area contributed by atoms with Crippen LogP contribution in [0.2, 0.25) is 0 Å². The minimum absolute atomic E-state index is 0.187. The third-order valence-corrected chi connectivity index (χ3v) is 2.97. The lowest BCUT2D eigenvalue weighted by Gasteiger charge is -2.27. The second kappa shape index (κ2) is 4.62. The fourth-order valence-corrected chi connectivity index (χ4v) is 2.08. The molecule has 0 amide bonds. The van der Waals surface area contributed by atoms with Crippen molar-refractivity contribution in [2.75, 3.05) is 5.32 Å². The Hall–Kier alpha value is -1.09. The monoisotopic (exact) mass is 208 g/mol. The summed E-state index contributed by atoms with van der Waals surface area (Å²) in [5.74, 6) is -0.187. The molecule has 3 N–H and O–H groups in total. The first-order valence-corrected chi connectivity index (χ1v) is 5.52. The van der Waals surface area contributed by atoms with Gasteiger partial charge >= 0.3 is 0 Å². The van der Waals surface area contributed by atoms with Crippen LogP contribution in [0, 0.1) is 5.82 Å². The number of anilines is 1. The molecule has 0 aliphatic heterocycles. The van der Waals surface area contributed by atoms with Crippen molar-refractivity contribution >= 4 is 5.69 Å². The summed E-state index contributed by atoms with van der Waals surface area (Å²) in [7, 11) is 0. The number of nitrogens with two attached hydrogens (primary N) is 1. The first kappa shape index (κ1) is 10.4. The van der Waals surface area contributed by atoms with E-state index in [0.29, 0.717) is 12.1 Å². The molecule has 0 radical (unpaired) electrons. The van der Waals surface area contributed by atoms with Crippen LogP contribution in [0.15, 0.2) is 24.3 Å². The van der Waals surface area contributed by atoms with E-state index in [1.165, 1.54) is 12.1 Å². The van der Waals surface area contributed by atoms with Crippen LogP contribution in [0.4, 0.5) is 10.1 Å². The Balaban J connectivity index is 1.92. The molecule has 0 atom stereocenters. The maximum absolute atomic E-state index is 12.9. The summed E-state index contributed by atoms with van der Waals surface area (Å²) < 4.78 is 12.9. The van der Waals surface area contributed by atoms with E-state index in [1.54, 1.807) is 6.07 Å². The van der Waals surface area contributed by atoms with Crippen molar-refractivity contribution in [3.05, 3.63) is 30.1 Å². The van der Waals surface area contributed by atoms with Crippen molar-refractivity contribution in [3.8, 4) is 0 Å². The zero-order chi connectivity index (χ0) is 10.7. The van der Waals surface area contributed by atoms with E-state index < -0.39 is 0 Å². The lowest BCUT2D eigenvalue weighted by atomic mass is 9.92. The van der Waals surface area contributed by atoms with E-state index in [9.17, 15) is 4.39 Å². The van der Waals surface area contributed by atoms with Gasteiger partial charge in [-0.3, -0.25) is 0 Å². The van der Waals surface area contributed by atoms with Gasteiger partial charge in [0, 0.05) is 17.8 Å². The summed E-state index contributed by atoms with van der Waals surface area (Å²) in [5.41, 5.74) is 6.70. The van der Waals surface area contributed by atoms with Gasteiger partial charge in [0.15, 0.2) is 0 Å². The summed E-state index contributed by atoms with van der Waals surface area (Å²) >= 11 is 0. The van der Waals surface area contributed by atoms with Gasteiger partial charge in [-0.15, -0.1) is 0 Å². The molecule has 3 heteroatoms. The molecule has 0 heterocycles. The fourth-order valence-electron chi connectivity index (χ4n) is 2.08. The first-order chi connectivity index (χ1) is 7.24. The van der Waals surface area contributed by atoms with Crippen LogP contribution >= 0.6 is 0 Å². The molecule has 2 nitrogen and oxygen atoms in total. The number of hydrogen-bond acceptors (Lipinski definition) is 2. The highest BCUT2D eigenvalue weighted by molar-refractivity contribution is 5.44. The van der Waals surface area contributed by atoms with Gasteiger partial charge in [0.2, 0.25) is 0 Å². The van der Waals surface area contributed by atoms with Gasteiger partial charge < -0.3 is 11.1 Å². The summed E-state index contributed by atoms with van der Waals surface area (Å²) in [6.07, 6.45) is 4.29. The van der Waals surface area contributed by atoms with Crippen LogP contribution in [0.5, 0.6) is 0 Å². The molecule has 15 heavy (non-hydrogen) atoms. The molecule has 82 valence electrons. The molecular weight excluding hydrogens is 191 g/mol. The summed E-state index contributed by atoms with van der Waals surface area (Å²) in [5, 5.41) is 3.35. The second-order valence-electron chi connectivity index (χ2n) is 4.27. The zero-order valence-electron chi connectivity index (χ0n) is 8.75. The van der Waals surface area contributed by atoms with Crippen molar-refractivity contribution < 1.29 is 4.39 Å². The van der Waals surface area contributed by atoms with E-state index in [-0.39, 0.29) is 5.82 Å². The van der Waals surface area contributed by atoms with Crippen molar-refractivity contribution in [2.24, 2.45) is 5.73 Å². The van der Waals surface area contributed by atoms with E-state index in [2.05, 4.69) is 5.32 Å². The predicted octanol–water partition coefficient (Wildman–Crippen LogP) is 2.51. The maximum atomic E-state index is 12.9. The smallest absolute Gasteiger partial charge is 0.125 e. The molecular formula is C12H17FN2. The highest BCUT2D eigenvalue weighted by atomic mass is 19.1. The Morgan fingerprint density at radius 2 is 1.93 bits per heavy atom. The topological polar surface area (TPSA) is 38.0 Å². The van der Waals surface area contributed by atoms with Crippen LogP contribution < -0.4 is 11.1 Å². The molecule has 0 spiro atoms. The number of nitrogens with one attached hydrogen (secondary N) is 1. The highest BCUT2D eigenvalue weighted by Crippen LogP contribution is 2.21. The molecule has 1 aliphatic rings. The summed E-state index contributed by atoms with van der Waals surface area (Å²) in [6, 6.07) is 7.43. The van der Waals surface area contributed by atoms with Crippen LogP contribution in [-0.4, -0.2) is 12.1 Å². The Morgan fingerprint density at radius 1 is 1.20 bits per heavy atom. The van der Waals surface area contributed by atoms with Crippen molar-refractivity contribution in [1.82, 2.24) is 0 Å². The molecule has 0 aromatic heterocycles. The van der Waals surface area contributed by atoms with Gasteiger partial charge in [-0.1, -0.05) is 6.07 Å². The van der Waals surface area contributed by atoms with E-state index in [1.807, 2.05) is 6.07 Å². The quantitative estimate of drug-likeness (QED) is 0.783.